The van der Waals surface area contributed by atoms with E-state index in [1.54, 1.807) is 13.1 Å². The Bertz CT molecular complexity index is 839. The van der Waals surface area contributed by atoms with Gasteiger partial charge in [0.05, 0.1) is 18.9 Å². The van der Waals surface area contributed by atoms with Gasteiger partial charge in [-0.2, -0.15) is 22.3 Å². The van der Waals surface area contributed by atoms with Gasteiger partial charge in [0.15, 0.2) is 6.61 Å². The molecule has 0 aromatic rings. The van der Waals surface area contributed by atoms with Crippen molar-refractivity contribution < 1.29 is 40.8 Å². The van der Waals surface area contributed by atoms with Gasteiger partial charge in [-0.15, -0.1) is 0 Å². The fourth-order valence-electron chi connectivity index (χ4n) is 4.39. The second-order valence-electron chi connectivity index (χ2n) is 6.81. The molecular weight excluding hydrogens is 390 g/mol. The molecule has 0 aromatic heterocycles. The maximum Gasteiger partial charge on any atom is 0.402 e. The number of fused-ring (bicyclic) bond motifs is 5. The average molecular weight is 408 g/mol. The van der Waals surface area contributed by atoms with Gasteiger partial charge in [-0.25, -0.2) is 0 Å². The third-order valence-corrected chi connectivity index (χ3v) is 6.32. The van der Waals surface area contributed by atoms with Gasteiger partial charge in [-0.05, 0) is 30.8 Å². The molecule has 1 heterocycles. The lowest BCUT2D eigenvalue weighted by Crippen LogP contribution is -2.44. The van der Waals surface area contributed by atoms with Gasteiger partial charge in [0, 0.05) is 17.8 Å². The molecule has 5 unspecified atom stereocenters. The van der Waals surface area contributed by atoms with Crippen molar-refractivity contribution >= 4 is 27.8 Å². The molecule has 2 saturated carbocycles. The highest BCUT2D eigenvalue weighted by atomic mass is 32.2. The number of alkyl halides is 2. The van der Waals surface area contributed by atoms with Gasteiger partial charge >= 0.3 is 27.3 Å². The van der Waals surface area contributed by atoms with Gasteiger partial charge in [0.2, 0.25) is 0 Å². The van der Waals surface area contributed by atoms with E-state index in [4.69, 9.17) is 9.29 Å². The number of rotatable bonds is 5. The molecule has 1 aliphatic heterocycles. The maximum atomic E-state index is 13.4. The minimum atomic E-state index is -5.73. The lowest BCUT2D eigenvalue weighted by Gasteiger charge is -2.36. The molecule has 9 nitrogen and oxygen atoms in total. The van der Waals surface area contributed by atoms with Crippen molar-refractivity contribution in [3.05, 3.63) is 11.8 Å². The minimum absolute atomic E-state index is 0.163. The number of carbonyl (C=O) groups is 2. The molecule has 0 amide bonds. The Kier molecular flexibility index (Phi) is 4.75. The summed E-state index contributed by atoms with van der Waals surface area (Å²) < 4.78 is 65.8. The minimum Gasteiger partial charge on any atom is -0.469 e. The SMILES string of the molecule is COC(=O)C1C2CC(C3=CNN=C(C)C32)C1C(=O)OCC(F)(F)S(=O)(=O)O. The van der Waals surface area contributed by atoms with Crippen LogP contribution >= 0.6 is 0 Å². The Hall–Kier alpha value is -2.08. The number of hydrogen-bond acceptors (Lipinski definition) is 8. The maximum absolute atomic E-state index is 13.4. The van der Waals surface area contributed by atoms with E-state index in [0.717, 1.165) is 18.4 Å². The van der Waals surface area contributed by atoms with Crippen molar-refractivity contribution in [1.82, 2.24) is 5.43 Å². The molecule has 150 valence electrons. The fraction of sp³-hybridized carbons (Fsp3) is 0.667. The van der Waals surface area contributed by atoms with Crippen LogP contribution in [-0.4, -0.2) is 49.6 Å². The second-order valence-corrected chi connectivity index (χ2v) is 8.35. The van der Waals surface area contributed by atoms with Crippen LogP contribution in [0.1, 0.15) is 13.3 Å². The number of ether oxygens (including phenoxy) is 2. The zero-order chi connectivity index (χ0) is 20.1. The van der Waals surface area contributed by atoms with Crippen LogP contribution in [0.3, 0.4) is 0 Å². The first kappa shape index (κ1) is 19.7. The van der Waals surface area contributed by atoms with Gasteiger partial charge in [-0.1, -0.05) is 0 Å². The van der Waals surface area contributed by atoms with Crippen LogP contribution in [0.25, 0.3) is 0 Å². The summed E-state index contributed by atoms with van der Waals surface area (Å²) in [7, 11) is -4.58. The Morgan fingerprint density at radius 1 is 1.37 bits per heavy atom. The smallest absolute Gasteiger partial charge is 0.402 e. The summed E-state index contributed by atoms with van der Waals surface area (Å²) in [4.78, 5) is 24.7. The number of halogens is 2. The second kappa shape index (κ2) is 6.51. The zero-order valence-electron chi connectivity index (χ0n) is 14.4. The van der Waals surface area contributed by atoms with Crippen LogP contribution in [0, 0.1) is 29.6 Å². The Morgan fingerprint density at radius 2 is 2.04 bits per heavy atom. The summed E-state index contributed by atoms with van der Waals surface area (Å²) in [6.45, 7) is -0.0621. The summed E-state index contributed by atoms with van der Waals surface area (Å²) in [5, 5.41) is -0.536. The first-order valence-corrected chi connectivity index (χ1v) is 9.52. The van der Waals surface area contributed by atoms with Crippen LogP contribution in [0.4, 0.5) is 8.78 Å². The van der Waals surface area contributed by atoms with E-state index in [2.05, 4.69) is 15.3 Å². The predicted molar refractivity (Wildman–Crippen MR) is 85.9 cm³/mol. The summed E-state index contributed by atoms with van der Waals surface area (Å²) in [6, 6.07) is 0. The van der Waals surface area contributed by atoms with Crippen LogP contribution < -0.4 is 5.43 Å². The number of carbonyl (C=O) groups excluding carboxylic acids is 2. The molecular formula is C15H18F2N2O7S. The molecule has 12 heteroatoms. The number of nitrogens with zero attached hydrogens (tertiary/aromatic N) is 1. The lowest BCUT2D eigenvalue weighted by molar-refractivity contribution is -0.165. The van der Waals surface area contributed by atoms with Crippen LogP contribution in [0.2, 0.25) is 0 Å². The first-order valence-electron chi connectivity index (χ1n) is 8.08. The molecule has 27 heavy (non-hydrogen) atoms. The molecule has 5 atom stereocenters. The number of hydrazone groups is 1. The van der Waals surface area contributed by atoms with Crippen LogP contribution in [-0.2, 0) is 29.2 Å². The van der Waals surface area contributed by atoms with E-state index >= 15 is 0 Å². The third kappa shape index (κ3) is 3.10. The van der Waals surface area contributed by atoms with Crippen molar-refractivity contribution in [3.63, 3.8) is 0 Å². The van der Waals surface area contributed by atoms with Gasteiger partial charge in [0.25, 0.3) is 0 Å². The van der Waals surface area contributed by atoms with Crippen molar-refractivity contribution in [2.24, 2.45) is 34.7 Å². The standard InChI is InChI=1S/C15H18F2N2O7S/c1-6-10-8-3-7(9(10)4-18-19-6)11(12(8)13(20)25-2)14(21)26-5-15(16,17)27(22,23)24/h4,7-8,10-12,18H,3,5H2,1-2H3,(H,22,23,24). The van der Waals surface area contributed by atoms with E-state index in [1.807, 2.05) is 0 Å². The van der Waals surface area contributed by atoms with Gasteiger partial charge < -0.3 is 9.47 Å². The summed E-state index contributed by atoms with van der Waals surface area (Å²) in [5.41, 5.74) is 4.26. The largest absolute Gasteiger partial charge is 0.469 e. The monoisotopic (exact) mass is 408 g/mol. The normalized spacial score (nSPS) is 32.1. The van der Waals surface area contributed by atoms with Crippen molar-refractivity contribution in [2.75, 3.05) is 13.7 Å². The van der Waals surface area contributed by atoms with Gasteiger partial charge in [-0.3, -0.25) is 19.6 Å². The first-order chi connectivity index (χ1) is 12.5. The van der Waals surface area contributed by atoms with Crippen LogP contribution in [0.15, 0.2) is 16.9 Å². The Balaban J connectivity index is 1.85. The summed E-state index contributed by atoms with van der Waals surface area (Å²) >= 11 is 0. The molecule has 2 N–H and O–H groups in total. The van der Waals surface area contributed by atoms with E-state index in [1.165, 1.54) is 0 Å². The lowest BCUT2D eigenvalue weighted by atomic mass is 9.69. The number of nitrogens with one attached hydrogen (secondary N) is 1. The van der Waals surface area contributed by atoms with E-state index in [0.29, 0.717) is 6.42 Å². The highest BCUT2D eigenvalue weighted by Crippen LogP contribution is 2.59. The third-order valence-electron chi connectivity index (χ3n) is 5.45. The molecule has 3 rings (SSSR count). The Morgan fingerprint density at radius 3 is 2.63 bits per heavy atom. The van der Waals surface area contributed by atoms with E-state index in [-0.39, 0.29) is 11.8 Å². The number of allylic oxidation sites excluding steroid dienone is 1. The zero-order valence-corrected chi connectivity index (χ0v) is 15.2. The number of hydrogen-bond donors (Lipinski definition) is 2. The number of esters is 2. The predicted octanol–water partition coefficient (Wildman–Crippen LogP) is 0.545. The molecule has 0 aromatic carbocycles. The topological polar surface area (TPSA) is 131 Å². The number of methoxy groups -OCH3 is 1. The molecule has 0 radical (unpaired) electrons. The van der Waals surface area contributed by atoms with Gasteiger partial charge in [0.1, 0.15) is 0 Å². The molecule has 2 bridgehead atoms. The summed E-state index contributed by atoms with van der Waals surface area (Å²) in [6.07, 6.45) is 2.06. The van der Waals surface area contributed by atoms with E-state index < -0.39 is 51.7 Å². The molecule has 0 saturated heterocycles. The molecule has 3 aliphatic rings. The molecule has 2 fully saturated rings. The van der Waals surface area contributed by atoms with Crippen molar-refractivity contribution in [1.29, 1.82) is 0 Å². The Labute approximate surface area is 153 Å². The average Bonchev–Trinajstić information content (AvgIpc) is 3.15. The summed E-state index contributed by atoms with van der Waals surface area (Å²) in [5.74, 6) is -4.74. The fourth-order valence-corrected chi connectivity index (χ4v) is 4.60. The van der Waals surface area contributed by atoms with Crippen molar-refractivity contribution in [2.45, 2.75) is 18.6 Å². The van der Waals surface area contributed by atoms with E-state index in [9.17, 15) is 26.8 Å². The molecule has 0 spiro atoms. The van der Waals surface area contributed by atoms with Crippen molar-refractivity contribution in [3.8, 4) is 0 Å². The highest BCUT2D eigenvalue weighted by molar-refractivity contribution is 7.86. The van der Waals surface area contributed by atoms with Crippen LogP contribution in [0.5, 0.6) is 0 Å². The molecule has 2 aliphatic carbocycles. The quantitative estimate of drug-likeness (QED) is 0.498. The highest BCUT2D eigenvalue weighted by Gasteiger charge is 2.62.